The van der Waals surface area contributed by atoms with Gasteiger partial charge in [0.2, 0.25) is 0 Å². The van der Waals surface area contributed by atoms with Crippen molar-refractivity contribution < 1.29 is 0 Å². The number of nitrogens with zero attached hydrogens (tertiary/aromatic N) is 2. The fourth-order valence-electron chi connectivity index (χ4n) is 2.31. The van der Waals surface area contributed by atoms with Gasteiger partial charge in [-0.1, -0.05) is 6.07 Å². The number of hydrogen-bond donors (Lipinski definition) is 0. The molecule has 0 radical (unpaired) electrons. The summed E-state index contributed by atoms with van der Waals surface area (Å²) in [5, 5.41) is 0. The molecule has 1 fully saturated rings. The van der Waals surface area contributed by atoms with Crippen LogP contribution < -0.4 is 0 Å². The summed E-state index contributed by atoms with van der Waals surface area (Å²) in [6.45, 7) is 7.07. The third-order valence-corrected chi connectivity index (χ3v) is 3.27. The van der Waals surface area contributed by atoms with Crippen LogP contribution in [0.2, 0.25) is 0 Å². The molecule has 2 heteroatoms. The number of pyridine rings is 1. The van der Waals surface area contributed by atoms with Crippen molar-refractivity contribution in [3.05, 3.63) is 30.1 Å². The molecule has 2 nitrogen and oxygen atoms in total. The van der Waals surface area contributed by atoms with E-state index >= 15 is 0 Å². The maximum atomic E-state index is 4.39. The molecule has 1 atom stereocenters. The van der Waals surface area contributed by atoms with Crippen LogP contribution in [0.1, 0.15) is 26.0 Å². The van der Waals surface area contributed by atoms with Crippen LogP contribution in [0.4, 0.5) is 0 Å². The molecular weight excluding hydrogens is 184 g/mol. The molecule has 0 saturated carbocycles. The Bertz CT molecular complexity index is 295. The highest BCUT2D eigenvalue weighted by Crippen LogP contribution is 2.21. The summed E-state index contributed by atoms with van der Waals surface area (Å²) in [5.41, 5.74) is 1.24. The summed E-state index contributed by atoms with van der Waals surface area (Å²) < 4.78 is 0. The molecule has 1 aromatic rings. The average molecular weight is 204 g/mol. The van der Waals surface area contributed by atoms with Gasteiger partial charge in [0, 0.05) is 24.5 Å². The SMILES string of the molecule is CC(C)N1CCC(Cc2ccccn2)C1. The molecule has 2 heterocycles. The highest BCUT2D eigenvalue weighted by Gasteiger charge is 2.24. The topological polar surface area (TPSA) is 16.1 Å². The summed E-state index contributed by atoms with van der Waals surface area (Å²) in [6.07, 6.45) is 4.36. The summed E-state index contributed by atoms with van der Waals surface area (Å²) in [4.78, 5) is 6.96. The van der Waals surface area contributed by atoms with Crippen LogP contribution in [0.3, 0.4) is 0 Å². The minimum atomic E-state index is 0.693. The van der Waals surface area contributed by atoms with Gasteiger partial charge in [-0.2, -0.15) is 0 Å². The first-order valence-electron chi connectivity index (χ1n) is 5.89. The zero-order chi connectivity index (χ0) is 10.7. The van der Waals surface area contributed by atoms with E-state index in [-0.39, 0.29) is 0 Å². The van der Waals surface area contributed by atoms with Gasteiger partial charge < -0.3 is 4.90 Å². The van der Waals surface area contributed by atoms with Gasteiger partial charge in [-0.05, 0) is 51.3 Å². The molecular formula is C13H20N2. The first-order valence-corrected chi connectivity index (χ1v) is 5.89. The van der Waals surface area contributed by atoms with E-state index in [0.717, 1.165) is 12.3 Å². The molecule has 1 saturated heterocycles. The normalized spacial score (nSPS) is 22.5. The Balaban J connectivity index is 1.88. The summed E-state index contributed by atoms with van der Waals surface area (Å²) in [7, 11) is 0. The molecule has 2 rings (SSSR count). The lowest BCUT2D eigenvalue weighted by Crippen LogP contribution is -2.28. The van der Waals surface area contributed by atoms with Crippen molar-refractivity contribution in [3.63, 3.8) is 0 Å². The Kier molecular flexibility index (Phi) is 3.37. The Labute approximate surface area is 92.3 Å². The van der Waals surface area contributed by atoms with Crippen molar-refractivity contribution >= 4 is 0 Å². The lowest BCUT2D eigenvalue weighted by atomic mass is 10.0. The summed E-state index contributed by atoms with van der Waals surface area (Å²) in [6, 6.07) is 6.90. The van der Waals surface area contributed by atoms with E-state index in [1.54, 1.807) is 0 Å². The second kappa shape index (κ2) is 4.75. The molecule has 1 aliphatic heterocycles. The van der Waals surface area contributed by atoms with Gasteiger partial charge in [0.25, 0.3) is 0 Å². The van der Waals surface area contributed by atoms with Crippen molar-refractivity contribution in [1.82, 2.24) is 9.88 Å². The molecule has 1 unspecified atom stereocenters. The van der Waals surface area contributed by atoms with Crippen LogP contribution in [-0.4, -0.2) is 29.0 Å². The van der Waals surface area contributed by atoms with Crippen LogP contribution in [-0.2, 0) is 6.42 Å². The maximum Gasteiger partial charge on any atom is 0.0406 e. The van der Waals surface area contributed by atoms with Gasteiger partial charge in [-0.3, -0.25) is 4.98 Å². The van der Waals surface area contributed by atoms with Crippen LogP contribution in [0, 0.1) is 5.92 Å². The zero-order valence-corrected chi connectivity index (χ0v) is 9.69. The highest BCUT2D eigenvalue weighted by atomic mass is 15.2. The van der Waals surface area contributed by atoms with Gasteiger partial charge >= 0.3 is 0 Å². The Morgan fingerprint density at radius 1 is 1.47 bits per heavy atom. The van der Waals surface area contributed by atoms with Crippen LogP contribution in [0.15, 0.2) is 24.4 Å². The minimum absolute atomic E-state index is 0.693. The molecule has 82 valence electrons. The third-order valence-electron chi connectivity index (χ3n) is 3.27. The second-order valence-electron chi connectivity index (χ2n) is 4.77. The quantitative estimate of drug-likeness (QED) is 0.751. The van der Waals surface area contributed by atoms with Gasteiger partial charge in [0.1, 0.15) is 0 Å². The highest BCUT2D eigenvalue weighted by molar-refractivity contribution is 5.05. The minimum Gasteiger partial charge on any atom is -0.301 e. The molecule has 0 bridgehead atoms. The van der Waals surface area contributed by atoms with Crippen molar-refractivity contribution in [2.45, 2.75) is 32.7 Å². The van der Waals surface area contributed by atoms with Gasteiger partial charge in [0.05, 0.1) is 0 Å². The second-order valence-corrected chi connectivity index (χ2v) is 4.77. The van der Waals surface area contributed by atoms with Crippen LogP contribution >= 0.6 is 0 Å². The van der Waals surface area contributed by atoms with Crippen molar-refractivity contribution in [3.8, 4) is 0 Å². The third kappa shape index (κ3) is 2.78. The molecule has 0 aliphatic carbocycles. The van der Waals surface area contributed by atoms with E-state index in [4.69, 9.17) is 0 Å². The Morgan fingerprint density at radius 2 is 2.33 bits per heavy atom. The van der Waals surface area contributed by atoms with Gasteiger partial charge in [0.15, 0.2) is 0 Å². The predicted molar refractivity (Wildman–Crippen MR) is 62.8 cm³/mol. The zero-order valence-electron chi connectivity index (χ0n) is 9.69. The largest absolute Gasteiger partial charge is 0.301 e. The molecule has 0 amide bonds. The first kappa shape index (κ1) is 10.6. The molecule has 0 spiro atoms. The predicted octanol–water partition coefficient (Wildman–Crippen LogP) is 2.35. The van der Waals surface area contributed by atoms with E-state index in [1.165, 1.54) is 25.2 Å². The molecule has 15 heavy (non-hydrogen) atoms. The van der Waals surface area contributed by atoms with E-state index in [0.29, 0.717) is 6.04 Å². The monoisotopic (exact) mass is 204 g/mol. The standard InChI is InChI=1S/C13H20N2/c1-11(2)15-8-6-12(10-15)9-13-5-3-4-7-14-13/h3-5,7,11-12H,6,8-10H2,1-2H3. The lowest BCUT2D eigenvalue weighted by Gasteiger charge is -2.20. The van der Waals surface area contributed by atoms with Crippen molar-refractivity contribution in [2.75, 3.05) is 13.1 Å². The fraction of sp³-hybridized carbons (Fsp3) is 0.615. The van der Waals surface area contributed by atoms with E-state index in [9.17, 15) is 0 Å². The van der Waals surface area contributed by atoms with Crippen molar-refractivity contribution in [2.24, 2.45) is 5.92 Å². The lowest BCUT2D eigenvalue weighted by molar-refractivity contribution is 0.265. The number of hydrogen-bond acceptors (Lipinski definition) is 2. The van der Waals surface area contributed by atoms with Crippen LogP contribution in [0.25, 0.3) is 0 Å². The van der Waals surface area contributed by atoms with Gasteiger partial charge in [-0.25, -0.2) is 0 Å². The number of likely N-dealkylation sites (tertiary alicyclic amines) is 1. The Morgan fingerprint density at radius 3 is 2.93 bits per heavy atom. The van der Waals surface area contributed by atoms with Crippen LogP contribution in [0.5, 0.6) is 0 Å². The summed E-state index contributed by atoms with van der Waals surface area (Å²) in [5.74, 6) is 0.808. The average Bonchev–Trinajstić information content (AvgIpc) is 2.68. The molecule has 1 aliphatic rings. The smallest absolute Gasteiger partial charge is 0.0406 e. The van der Waals surface area contributed by atoms with E-state index in [2.05, 4.69) is 35.9 Å². The van der Waals surface area contributed by atoms with Gasteiger partial charge in [-0.15, -0.1) is 0 Å². The molecule has 0 N–H and O–H groups in total. The van der Waals surface area contributed by atoms with E-state index < -0.39 is 0 Å². The molecule has 1 aromatic heterocycles. The first-order chi connectivity index (χ1) is 7.25. The van der Waals surface area contributed by atoms with Crippen molar-refractivity contribution in [1.29, 1.82) is 0 Å². The number of rotatable bonds is 3. The van der Waals surface area contributed by atoms with E-state index in [1.807, 2.05) is 12.3 Å². The number of aromatic nitrogens is 1. The molecule has 0 aromatic carbocycles. The Hall–Kier alpha value is -0.890. The fourth-order valence-corrected chi connectivity index (χ4v) is 2.31. The summed E-state index contributed by atoms with van der Waals surface area (Å²) >= 11 is 0. The maximum absolute atomic E-state index is 4.39.